The van der Waals surface area contributed by atoms with Crippen molar-refractivity contribution in [1.82, 2.24) is 5.32 Å². The molecule has 0 saturated heterocycles. The lowest BCUT2D eigenvalue weighted by Crippen LogP contribution is -2.38. The Morgan fingerprint density at radius 3 is 2.63 bits per heavy atom. The fourth-order valence-electron chi connectivity index (χ4n) is 1.80. The maximum Gasteiger partial charge on any atom is 0.137 e. The van der Waals surface area contributed by atoms with Crippen LogP contribution in [0.4, 0.5) is 4.39 Å². The summed E-state index contributed by atoms with van der Waals surface area (Å²) in [5.41, 5.74) is 0.802. The molecule has 1 atom stereocenters. The molecule has 2 nitrogen and oxygen atoms in total. The number of nitrogens with one attached hydrogen (secondary N) is 1. The van der Waals surface area contributed by atoms with Gasteiger partial charge >= 0.3 is 0 Å². The number of hydrogen-bond donors (Lipinski definition) is 1. The first-order valence-corrected chi connectivity index (χ1v) is 7.43. The highest BCUT2D eigenvalue weighted by Crippen LogP contribution is 2.22. The third kappa shape index (κ3) is 6.02. The third-order valence-corrected chi connectivity index (χ3v) is 3.60. The van der Waals surface area contributed by atoms with Crippen molar-refractivity contribution in [1.29, 1.82) is 0 Å². The highest BCUT2D eigenvalue weighted by Gasteiger charge is 2.17. The summed E-state index contributed by atoms with van der Waals surface area (Å²) in [5.74, 6) is -0.218. The summed E-state index contributed by atoms with van der Waals surface area (Å²) in [6, 6.07) is 5.32. The number of hydrogen-bond acceptors (Lipinski definition) is 2. The summed E-state index contributed by atoms with van der Waals surface area (Å²) < 4.78 is 19.9. The minimum atomic E-state index is -0.218. The van der Waals surface area contributed by atoms with Gasteiger partial charge in [-0.1, -0.05) is 19.1 Å². The Labute approximate surface area is 123 Å². The second-order valence-corrected chi connectivity index (χ2v) is 6.39. The molecular weight excluding hydrogens is 309 g/mol. The molecule has 0 bridgehead atoms. The maximum atomic E-state index is 13.5. The normalized spacial score (nSPS) is 13.6. The van der Waals surface area contributed by atoms with E-state index in [0.717, 1.165) is 18.5 Å². The van der Waals surface area contributed by atoms with Crippen LogP contribution in [0.5, 0.6) is 0 Å². The van der Waals surface area contributed by atoms with Crippen LogP contribution in [0.15, 0.2) is 22.7 Å². The second kappa shape index (κ2) is 7.36. The van der Waals surface area contributed by atoms with E-state index < -0.39 is 0 Å². The third-order valence-electron chi connectivity index (χ3n) is 2.71. The standard InChI is InChI=1S/C15H23BrFNO/c1-5-18-12(10-19-15(2,3)4)9-11-7-6-8-13(17)14(11)16/h6-8,12,18H,5,9-10H2,1-4H3. The Kier molecular flexibility index (Phi) is 6.43. The molecule has 0 aliphatic carbocycles. The van der Waals surface area contributed by atoms with Gasteiger partial charge in [0, 0.05) is 6.04 Å². The van der Waals surface area contributed by atoms with Crippen LogP contribution in [0, 0.1) is 5.82 Å². The van der Waals surface area contributed by atoms with E-state index >= 15 is 0 Å². The molecule has 0 fully saturated rings. The van der Waals surface area contributed by atoms with Crippen molar-refractivity contribution in [2.24, 2.45) is 0 Å². The Hall–Kier alpha value is -0.450. The van der Waals surface area contributed by atoms with E-state index in [4.69, 9.17) is 4.74 Å². The van der Waals surface area contributed by atoms with Crippen molar-refractivity contribution in [3.63, 3.8) is 0 Å². The van der Waals surface area contributed by atoms with Gasteiger partial charge in [-0.3, -0.25) is 0 Å². The quantitative estimate of drug-likeness (QED) is 0.852. The average Bonchev–Trinajstić information content (AvgIpc) is 2.31. The molecule has 0 spiro atoms. The molecule has 0 radical (unpaired) electrons. The molecule has 0 heterocycles. The van der Waals surface area contributed by atoms with Crippen LogP contribution in [0.25, 0.3) is 0 Å². The molecule has 108 valence electrons. The lowest BCUT2D eigenvalue weighted by atomic mass is 10.1. The molecule has 0 amide bonds. The highest BCUT2D eigenvalue weighted by molar-refractivity contribution is 9.10. The predicted molar refractivity (Wildman–Crippen MR) is 81.0 cm³/mol. The van der Waals surface area contributed by atoms with Crippen molar-refractivity contribution in [3.8, 4) is 0 Å². The molecular formula is C15H23BrFNO. The van der Waals surface area contributed by atoms with E-state index in [-0.39, 0.29) is 17.5 Å². The molecule has 1 N–H and O–H groups in total. The highest BCUT2D eigenvalue weighted by atomic mass is 79.9. The minimum Gasteiger partial charge on any atom is -0.374 e. The predicted octanol–water partition coefficient (Wildman–Crippen LogP) is 3.92. The number of ether oxygens (including phenoxy) is 1. The monoisotopic (exact) mass is 331 g/mol. The van der Waals surface area contributed by atoms with Crippen LogP contribution in [-0.4, -0.2) is 24.8 Å². The average molecular weight is 332 g/mol. The molecule has 0 aliphatic heterocycles. The van der Waals surface area contributed by atoms with Crippen LogP contribution in [0.1, 0.15) is 33.3 Å². The number of likely N-dealkylation sites (N-methyl/N-ethyl adjacent to an activating group) is 1. The lowest BCUT2D eigenvalue weighted by molar-refractivity contribution is -0.0142. The maximum absolute atomic E-state index is 13.5. The molecule has 4 heteroatoms. The molecule has 19 heavy (non-hydrogen) atoms. The first kappa shape index (κ1) is 16.6. The van der Waals surface area contributed by atoms with Gasteiger partial charge in [-0.25, -0.2) is 4.39 Å². The van der Waals surface area contributed by atoms with Crippen molar-refractivity contribution in [2.75, 3.05) is 13.2 Å². The van der Waals surface area contributed by atoms with Gasteiger partial charge in [0.25, 0.3) is 0 Å². The molecule has 1 unspecified atom stereocenters. The van der Waals surface area contributed by atoms with E-state index in [2.05, 4.69) is 28.2 Å². The van der Waals surface area contributed by atoms with Gasteiger partial charge < -0.3 is 10.1 Å². The van der Waals surface area contributed by atoms with E-state index in [0.29, 0.717) is 11.1 Å². The van der Waals surface area contributed by atoms with Crippen molar-refractivity contribution in [2.45, 2.75) is 45.8 Å². The van der Waals surface area contributed by atoms with Gasteiger partial charge in [0.2, 0.25) is 0 Å². The number of rotatable bonds is 6. The largest absolute Gasteiger partial charge is 0.374 e. The summed E-state index contributed by atoms with van der Waals surface area (Å²) in [6.07, 6.45) is 0.738. The Morgan fingerprint density at radius 1 is 1.37 bits per heavy atom. The first-order valence-electron chi connectivity index (χ1n) is 6.63. The van der Waals surface area contributed by atoms with Crippen LogP contribution in [0.3, 0.4) is 0 Å². The van der Waals surface area contributed by atoms with E-state index in [1.165, 1.54) is 6.07 Å². The van der Waals surface area contributed by atoms with Gasteiger partial charge in [0.15, 0.2) is 0 Å². The Bertz CT molecular complexity index is 404. The van der Waals surface area contributed by atoms with Gasteiger partial charge in [-0.05, 0) is 61.3 Å². The molecule has 0 saturated carbocycles. The number of halogens is 2. The topological polar surface area (TPSA) is 21.3 Å². The van der Waals surface area contributed by atoms with Gasteiger partial charge in [0.05, 0.1) is 16.7 Å². The first-order chi connectivity index (χ1) is 8.83. The molecule has 1 aromatic rings. The summed E-state index contributed by atoms with van der Waals surface area (Å²) in [5, 5.41) is 3.38. The molecule has 0 aliphatic rings. The van der Waals surface area contributed by atoms with Crippen LogP contribution >= 0.6 is 15.9 Å². The molecule has 1 aromatic carbocycles. The van der Waals surface area contributed by atoms with Crippen molar-refractivity contribution in [3.05, 3.63) is 34.1 Å². The van der Waals surface area contributed by atoms with Gasteiger partial charge in [0.1, 0.15) is 5.82 Å². The zero-order valence-electron chi connectivity index (χ0n) is 12.1. The Morgan fingerprint density at radius 2 is 2.05 bits per heavy atom. The summed E-state index contributed by atoms with van der Waals surface area (Å²) in [7, 11) is 0. The number of benzene rings is 1. The van der Waals surface area contributed by atoms with Crippen molar-refractivity contribution >= 4 is 15.9 Å². The van der Waals surface area contributed by atoms with E-state index in [9.17, 15) is 4.39 Å². The SMILES string of the molecule is CCNC(COC(C)(C)C)Cc1cccc(F)c1Br. The zero-order valence-corrected chi connectivity index (χ0v) is 13.7. The van der Waals surface area contributed by atoms with Crippen LogP contribution < -0.4 is 5.32 Å². The summed E-state index contributed by atoms with van der Waals surface area (Å²) in [6.45, 7) is 9.65. The fourth-order valence-corrected chi connectivity index (χ4v) is 2.23. The fraction of sp³-hybridized carbons (Fsp3) is 0.600. The van der Waals surface area contributed by atoms with E-state index in [1.54, 1.807) is 6.07 Å². The zero-order chi connectivity index (χ0) is 14.5. The van der Waals surface area contributed by atoms with Crippen LogP contribution in [-0.2, 0) is 11.2 Å². The van der Waals surface area contributed by atoms with Gasteiger partial charge in [-0.2, -0.15) is 0 Å². The van der Waals surface area contributed by atoms with Gasteiger partial charge in [-0.15, -0.1) is 0 Å². The molecule has 0 aromatic heterocycles. The minimum absolute atomic E-state index is 0.160. The lowest BCUT2D eigenvalue weighted by Gasteiger charge is -2.25. The van der Waals surface area contributed by atoms with E-state index in [1.807, 2.05) is 26.8 Å². The second-order valence-electron chi connectivity index (χ2n) is 5.60. The van der Waals surface area contributed by atoms with Crippen LogP contribution in [0.2, 0.25) is 0 Å². The van der Waals surface area contributed by atoms with Crippen molar-refractivity contribution < 1.29 is 9.13 Å². The Balaban J connectivity index is 2.70. The molecule has 1 rings (SSSR count). The smallest absolute Gasteiger partial charge is 0.137 e. The summed E-state index contributed by atoms with van der Waals surface area (Å²) in [4.78, 5) is 0. The summed E-state index contributed by atoms with van der Waals surface area (Å²) >= 11 is 3.31.